The van der Waals surface area contributed by atoms with Crippen LogP contribution in [0, 0.1) is 0 Å². The van der Waals surface area contributed by atoms with Crippen molar-refractivity contribution in [1.29, 1.82) is 0 Å². The molecule has 1 aromatic heterocycles. The van der Waals surface area contributed by atoms with E-state index in [1.54, 1.807) is 7.05 Å². The predicted molar refractivity (Wildman–Crippen MR) is 229 cm³/mol. The topological polar surface area (TPSA) is 371 Å². The molecule has 0 unspecified atom stereocenters. The van der Waals surface area contributed by atoms with Gasteiger partial charge in [-0.15, -0.1) is 0 Å². The van der Waals surface area contributed by atoms with Crippen LogP contribution in [0.15, 0.2) is 53.5 Å². The molecule has 0 fully saturated rings. The van der Waals surface area contributed by atoms with E-state index in [-0.39, 0.29) is 53.9 Å². The minimum absolute atomic E-state index is 0.0262. The summed E-state index contributed by atoms with van der Waals surface area (Å²) in [5.74, 6) is -1.32. The summed E-state index contributed by atoms with van der Waals surface area (Å²) >= 11 is 5.83. The molecular formula is C40H60ClN9O12. The van der Waals surface area contributed by atoms with Crippen molar-refractivity contribution in [3.8, 4) is 11.1 Å². The third kappa shape index (κ3) is 15.9. The number of hydrogen-bond donors (Lipinski definition) is 14. The molecule has 3 rings (SSSR count). The zero-order valence-electron chi connectivity index (χ0n) is 34.4. The number of likely N-dealkylation sites (N-methyl/N-ethyl adjacent to an activating group) is 1. The van der Waals surface area contributed by atoms with Gasteiger partial charge in [-0.1, -0.05) is 60.1 Å². The number of nitrogens with one attached hydrogen (secondary N) is 1. The van der Waals surface area contributed by atoms with Crippen molar-refractivity contribution in [3.63, 3.8) is 0 Å². The highest BCUT2D eigenvalue weighted by Gasteiger charge is 2.34. The molecular weight excluding hydrogens is 834 g/mol. The van der Waals surface area contributed by atoms with Crippen LogP contribution in [0.4, 0.5) is 11.6 Å². The van der Waals surface area contributed by atoms with Crippen molar-refractivity contribution in [1.82, 2.24) is 25.1 Å². The lowest BCUT2D eigenvalue weighted by Gasteiger charge is -2.34. The highest BCUT2D eigenvalue weighted by Crippen LogP contribution is 2.22. The van der Waals surface area contributed by atoms with Crippen molar-refractivity contribution in [2.45, 2.75) is 80.9 Å². The van der Waals surface area contributed by atoms with E-state index in [0.717, 1.165) is 35.1 Å². The second-order valence-corrected chi connectivity index (χ2v) is 15.2. The number of carbonyl (C=O) groups excluding carboxylic acids is 2. The number of benzene rings is 2. The van der Waals surface area contributed by atoms with Gasteiger partial charge in [0.2, 0.25) is 5.91 Å². The van der Waals surface area contributed by atoms with Gasteiger partial charge in [-0.25, -0.2) is 9.97 Å². The van der Waals surface area contributed by atoms with Crippen molar-refractivity contribution >= 4 is 41.0 Å². The molecule has 22 heteroatoms. The lowest BCUT2D eigenvalue weighted by atomic mass is 9.99. The molecule has 0 aliphatic rings. The normalized spacial score (nSPS) is 15.9. The van der Waals surface area contributed by atoms with Crippen LogP contribution >= 0.6 is 11.6 Å². The Hall–Kier alpha value is -4.62. The number of aromatic nitrogens is 2. The second-order valence-electron chi connectivity index (χ2n) is 14.9. The van der Waals surface area contributed by atoms with Crippen LogP contribution in [-0.4, -0.2) is 190 Å². The first-order valence-electron chi connectivity index (χ1n) is 19.9. The summed E-state index contributed by atoms with van der Waals surface area (Å²) < 4.78 is 0. The summed E-state index contributed by atoms with van der Waals surface area (Å²) in [5, 5.41) is 102. The fraction of sp³-hybridized carbons (Fsp3) is 0.525. The minimum Gasteiger partial charge on any atom is -0.394 e. The molecule has 0 aliphatic carbocycles. The smallest absolute Gasteiger partial charge is 0.280 e. The van der Waals surface area contributed by atoms with Crippen LogP contribution in [-0.2, 0) is 17.6 Å². The number of anilines is 2. The van der Waals surface area contributed by atoms with Gasteiger partial charge in [0, 0.05) is 46.2 Å². The molecule has 0 radical (unpaired) electrons. The number of carbonyl (C=O) groups is 2. The van der Waals surface area contributed by atoms with E-state index in [1.165, 1.54) is 9.80 Å². The van der Waals surface area contributed by atoms with E-state index in [9.17, 15) is 50.4 Å². The van der Waals surface area contributed by atoms with Crippen LogP contribution in [0.25, 0.3) is 11.1 Å². The summed E-state index contributed by atoms with van der Waals surface area (Å²) in [7, 11) is 1.55. The van der Waals surface area contributed by atoms with E-state index in [1.807, 2.05) is 48.5 Å². The number of hydrogen-bond acceptors (Lipinski definition) is 18. The largest absolute Gasteiger partial charge is 0.394 e. The van der Waals surface area contributed by atoms with Crippen molar-refractivity contribution in [3.05, 3.63) is 70.5 Å². The van der Waals surface area contributed by atoms with Gasteiger partial charge in [0.15, 0.2) is 28.4 Å². The first kappa shape index (κ1) is 51.7. The first-order chi connectivity index (χ1) is 29.4. The monoisotopic (exact) mass is 893 g/mol. The maximum atomic E-state index is 13.1. The summed E-state index contributed by atoms with van der Waals surface area (Å²) in [6.45, 7) is -2.25. The number of unbranched alkanes of at least 4 members (excludes halogenated alkanes) is 1. The number of aliphatic imine (C=N–C) groups is 1. The average molecular weight is 894 g/mol. The number of nitrogen functional groups attached to an aromatic ring is 2. The maximum Gasteiger partial charge on any atom is 0.280 e. The van der Waals surface area contributed by atoms with Gasteiger partial charge in [-0.2, -0.15) is 0 Å². The van der Waals surface area contributed by atoms with Crippen LogP contribution in [0.2, 0.25) is 5.15 Å². The number of rotatable bonds is 25. The zero-order chi connectivity index (χ0) is 46.1. The fourth-order valence-corrected chi connectivity index (χ4v) is 6.31. The number of nitrogens with zero attached hydrogens (tertiary/aromatic N) is 5. The Balaban J connectivity index is 1.47. The fourth-order valence-electron chi connectivity index (χ4n) is 6.18. The summed E-state index contributed by atoms with van der Waals surface area (Å²) in [6, 6.07) is 15.9. The van der Waals surface area contributed by atoms with E-state index in [4.69, 9.17) is 39.0 Å². The molecule has 8 atom stereocenters. The molecule has 0 saturated heterocycles. The van der Waals surface area contributed by atoms with Crippen molar-refractivity contribution in [2.75, 3.05) is 64.5 Å². The Labute approximate surface area is 363 Å². The molecule has 0 bridgehead atoms. The molecule has 62 heavy (non-hydrogen) atoms. The number of aliphatic hydroxyl groups excluding tert-OH is 10. The van der Waals surface area contributed by atoms with Crippen molar-refractivity contribution in [2.24, 2.45) is 10.7 Å². The Morgan fingerprint density at radius 3 is 1.69 bits per heavy atom. The summed E-state index contributed by atoms with van der Waals surface area (Å²) in [4.78, 5) is 40.0. The van der Waals surface area contributed by atoms with E-state index >= 15 is 0 Å². The molecule has 1 heterocycles. The van der Waals surface area contributed by atoms with Crippen LogP contribution < -0.4 is 22.5 Å². The van der Waals surface area contributed by atoms with E-state index in [0.29, 0.717) is 19.4 Å². The molecule has 17 N–H and O–H groups in total. The van der Waals surface area contributed by atoms with E-state index < -0.39 is 81.0 Å². The van der Waals surface area contributed by atoms with Gasteiger partial charge in [0.25, 0.3) is 5.91 Å². The maximum absolute atomic E-state index is 13.1. The number of halogens is 1. The Morgan fingerprint density at radius 1 is 0.710 bits per heavy atom. The molecule has 0 aliphatic heterocycles. The number of aliphatic hydroxyl groups is 10. The summed E-state index contributed by atoms with van der Waals surface area (Å²) in [6.07, 6.45) is -11.7. The van der Waals surface area contributed by atoms with Gasteiger partial charge < -0.3 is 73.2 Å². The number of guanidine groups is 1. The van der Waals surface area contributed by atoms with Crippen LogP contribution in [0.5, 0.6) is 0 Å². The third-order valence-corrected chi connectivity index (χ3v) is 10.4. The third-order valence-electron chi connectivity index (χ3n) is 10.1. The lowest BCUT2D eigenvalue weighted by molar-refractivity contribution is -0.133. The number of nitrogens with two attached hydrogens (primary N) is 3. The van der Waals surface area contributed by atoms with Gasteiger partial charge in [-0.3, -0.25) is 24.8 Å². The molecule has 3 aromatic rings. The molecule has 21 nitrogen and oxygen atoms in total. The quantitative estimate of drug-likeness (QED) is 0.0224. The highest BCUT2D eigenvalue weighted by atomic mass is 35.5. The molecule has 2 aromatic carbocycles. The SMILES string of the molecule is CN(CCN(C[C@H](O)[C@@H](O)[C@H](O)[C@H](O)CO)C[C@H](O)[C@@H](O)[C@H](O)[C@H](O)CO)C(=O)CCc1ccc(-c2ccc(CCCCN=C(N)NC(=O)c3nc(Cl)c(N)nc3N)cc2)cc1. The van der Waals surface area contributed by atoms with Crippen LogP contribution in [0.3, 0.4) is 0 Å². The van der Waals surface area contributed by atoms with Gasteiger partial charge in [0.05, 0.1) is 25.4 Å². The Kier molecular flexibility index (Phi) is 21.3. The zero-order valence-corrected chi connectivity index (χ0v) is 35.1. The molecule has 344 valence electrons. The standard InChI is InChI=1S/C40H60ClN9O12/c1-49(16-17-50(18-26(53)32(58)34(60)28(55)20-51)19-27(54)33(59)35(61)29(56)21-52)30(57)14-9-23-7-12-25(13-8-23)24-10-5-22(6-11-24)4-2-3-15-45-40(44)48-39(62)31-37(42)47-38(43)36(41)46-31/h5-8,10-13,26-29,32-35,51-56,58-61H,2-4,9,14-21H2,1H3,(H4,42,43,47)(H3,44,45,48,62)/t26-,27-,28+,29+,32+,33+,34+,35+/m0/s1. The second kappa shape index (κ2) is 25.5. The van der Waals surface area contributed by atoms with Gasteiger partial charge in [-0.05, 0) is 47.9 Å². The minimum atomic E-state index is -1.92. The van der Waals surface area contributed by atoms with Crippen LogP contribution in [0.1, 0.15) is 40.9 Å². The van der Waals surface area contributed by atoms with E-state index in [2.05, 4.69) is 20.3 Å². The molecule has 0 spiro atoms. The number of amides is 2. The van der Waals surface area contributed by atoms with Gasteiger partial charge in [0.1, 0.15) is 36.6 Å². The Bertz CT molecular complexity index is 1850. The molecule has 0 saturated carbocycles. The lowest BCUT2D eigenvalue weighted by Crippen LogP contribution is -2.54. The summed E-state index contributed by atoms with van der Waals surface area (Å²) in [5.41, 5.74) is 20.9. The first-order valence-corrected chi connectivity index (χ1v) is 20.2. The Morgan fingerprint density at radius 2 is 1.19 bits per heavy atom. The number of aryl methyl sites for hydroxylation is 2. The predicted octanol–water partition coefficient (Wildman–Crippen LogP) is -3.41. The van der Waals surface area contributed by atoms with Gasteiger partial charge >= 0.3 is 0 Å². The van der Waals surface area contributed by atoms with Crippen molar-refractivity contribution < 1.29 is 60.7 Å². The molecule has 2 amide bonds. The highest BCUT2D eigenvalue weighted by molar-refractivity contribution is 6.31. The average Bonchev–Trinajstić information content (AvgIpc) is 3.26.